The Morgan fingerprint density at radius 3 is 2.88 bits per heavy atom. The number of amides is 1. The number of carbonyl (C=O) groups excluding carboxylic acids is 1. The maximum Gasteiger partial charge on any atom is 0.325 e. The summed E-state index contributed by atoms with van der Waals surface area (Å²) >= 11 is 0. The van der Waals surface area contributed by atoms with E-state index in [1.54, 1.807) is 6.07 Å². The molecule has 3 rings (SSSR count). The number of halogens is 1. The van der Waals surface area contributed by atoms with Crippen LogP contribution in [0.5, 0.6) is 0 Å². The summed E-state index contributed by atoms with van der Waals surface area (Å²) in [5.74, 6) is -0.644. The maximum atomic E-state index is 13.1. The van der Waals surface area contributed by atoms with Crippen molar-refractivity contribution < 1.29 is 9.18 Å². The number of H-pyrrole nitrogens is 2. The largest absolute Gasteiger partial charge is 0.325 e. The Kier molecular flexibility index (Phi) is 4.57. The molecule has 24 heavy (non-hydrogen) atoms. The number of aromatic nitrogens is 2. The van der Waals surface area contributed by atoms with Gasteiger partial charge in [-0.1, -0.05) is 6.07 Å². The van der Waals surface area contributed by atoms with Crippen LogP contribution in [0.2, 0.25) is 0 Å². The number of hydrogen-bond acceptors (Lipinski definition) is 4. The van der Waals surface area contributed by atoms with Crippen LogP contribution in [0.15, 0.2) is 39.9 Å². The van der Waals surface area contributed by atoms with E-state index in [2.05, 4.69) is 15.3 Å². The first kappa shape index (κ1) is 16.1. The molecule has 2 aromatic rings. The maximum absolute atomic E-state index is 13.1. The normalized spacial score (nSPS) is 17.8. The molecule has 1 saturated heterocycles. The summed E-state index contributed by atoms with van der Waals surface area (Å²) < 4.78 is 13.1. The number of likely N-dealkylation sites (tertiary alicyclic amines) is 1. The minimum Gasteiger partial charge on any atom is -0.325 e. The Labute approximate surface area is 136 Å². The van der Waals surface area contributed by atoms with Gasteiger partial charge in [0.1, 0.15) is 5.82 Å². The van der Waals surface area contributed by atoms with Gasteiger partial charge in [-0.15, -0.1) is 0 Å². The fourth-order valence-electron chi connectivity index (χ4n) is 2.91. The Hall–Kier alpha value is -2.74. The topological polar surface area (TPSA) is 98.1 Å². The molecule has 8 heteroatoms. The summed E-state index contributed by atoms with van der Waals surface area (Å²) in [4.78, 5) is 41.4. The van der Waals surface area contributed by atoms with E-state index in [9.17, 15) is 18.8 Å². The van der Waals surface area contributed by atoms with Crippen LogP contribution in [-0.2, 0) is 4.79 Å². The van der Waals surface area contributed by atoms with E-state index in [4.69, 9.17) is 0 Å². The van der Waals surface area contributed by atoms with Crippen molar-refractivity contribution in [3.63, 3.8) is 0 Å². The molecule has 0 saturated carbocycles. The summed E-state index contributed by atoms with van der Waals surface area (Å²) in [6.45, 7) is 1.41. The SMILES string of the molecule is O=C(CN1CCC(c2cc(=O)[nH]c(=O)[nH]2)C1)Nc1cccc(F)c1. The molecular weight excluding hydrogens is 315 g/mol. The van der Waals surface area contributed by atoms with Crippen LogP contribution in [0.1, 0.15) is 18.0 Å². The summed E-state index contributed by atoms with van der Waals surface area (Å²) in [6, 6.07) is 7.09. The standard InChI is InChI=1S/C16H17FN4O3/c17-11-2-1-3-12(6-11)18-15(23)9-21-5-4-10(8-21)13-7-14(22)20-16(24)19-13/h1-3,6-7,10H,4-5,8-9H2,(H,18,23)(H2,19,20,22,24). The lowest BCUT2D eigenvalue weighted by Crippen LogP contribution is -2.32. The van der Waals surface area contributed by atoms with Crippen molar-refractivity contribution in [1.82, 2.24) is 14.9 Å². The lowest BCUT2D eigenvalue weighted by molar-refractivity contribution is -0.117. The predicted octanol–water partition coefficient (Wildman–Crippen LogP) is 0.630. The first-order valence-corrected chi connectivity index (χ1v) is 7.61. The van der Waals surface area contributed by atoms with Crippen molar-refractivity contribution >= 4 is 11.6 Å². The van der Waals surface area contributed by atoms with Crippen LogP contribution < -0.4 is 16.6 Å². The summed E-state index contributed by atoms with van der Waals surface area (Å²) in [5, 5.41) is 2.65. The van der Waals surface area contributed by atoms with Gasteiger partial charge in [-0.05, 0) is 31.2 Å². The minimum atomic E-state index is -0.528. The molecule has 126 valence electrons. The second kappa shape index (κ2) is 6.79. The number of nitrogens with zero attached hydrogens (tertiary/aromatic N) is 1. The Morgan fingerprint density at radius 2 is 2.12 bits per heavy atom. The average molecular weight is 332 g/mol. The summed E-state index contributed by atoms with van der Waals surface area (Å²) in [5.41, 5.74) is 0.0299. The lowest BCUT2D eigenvalue weighted by Gasteiger charge is -2.15. The van der Waals surface area contributed by atoms with Gasteiger partial charge in [-0.2, -0.15) is 0 Å². The first-order valence-electron chi connectivity index (χ1n) is 7.61. The summed E-state index contributed by atoms with van der Waals surface area (Å²) in [7, 11) is 0. The highest BCUT2D eigenvalue weighted by Crippen LogP contribution is 2.24. The van der Waals surface area contributed by atoms with Crippen LogP contribution in [0, 0.1) is 5.82 Å². The van der Waals surface area contributed by atoms with Crippen LogP contribution in [-0.4, -0.2) is 40.4 Å². The smallest absolute Gasteiger partial charge is 0.325 e. The van der Waals surface area contributed by atoms with Crippen molar-refractivity contribution in [3.05, 3.63) is 62.7 Å². The molecule has 1 aromatic heterocycles. The molecule has 1 amide bonds. The second-order valence-corrected chi connectivity index (χ2v) is 5.82. The Bertz CT molecular complexity index is 832. The van der Waals surface area contributed by atoms with E-state index in [0.717, 1.165) is 6.42 Å². The highest BCUT2D eigenvalue weighted by molar-refractivity contribution is 5.92. The van der Waals surface area contributed by atoms with Crippen LogP contribution in [0.25, 0.3) is 0 Å². The van der Waals surface area contributed by atoms with E-state index in [1.807, 2.05) is 4.90 Å². The third kappa shape index (κ3) is 3.96. The molecule has 0 radical (unpaired) electrons. The van der Waals surface area contributed by atoms with Gasteiger partial charge in [0.2, 0.25) is 5.91 Å². The number of hydrogen-bond donors (Lipinski definition) is 3. The first-order chi connectivity index (χ1) is 11.5. The van der Waals surface area contributed by atoms with E-state index in [0.29, 0.717) is 24.5 Å². The molecular formula is C16H17FN4O3. The van der Waals surface area contributed by atoms with Gasteiger partial charge in [0.25, 0.3) is 5.56 Å². The molecule has 1 fully saturated rings. The van der Waals surface area contributed by atoms with Crippen molar-refractivity contribution in [2.45, 2.75) is 12.3 Å². The van der Waals surface area contributed by atoms with Gasteiger partial charge in [0.05, 0.1) is 6.54 Å². The molecule has 1 unspecified atom stereocenters. The Morgan fingerprint density at radius 1 is 1.29 bits per heavy atom. The molecule has 1 aliphatic heterocycles. The van der Waals surface area contributed by atoms with Crippen molar-refractivity contribution in [2.24, 2.45) is 0 Å². The van der Waals surface area contributed by atoms with Crippen molar-refractivity contribution in [3.8, 4) is 0 Å². The van der Waals surface area contributed by atoms with Crippen LogP contribution in [0.4, 0.5) is 10.1 Å². The molecule has 1 aliphatic rings. The van der Waals surface area contributed by atoms with Gasteiger partial charge in [0.15, 0.2) is 0 Å². The quantitative estimate of drug-likeness (QED) is 0.765. The average Bonchev–Trinajstić information content (AvgIpc) is 2.94. The van der Waals surface area contributed by atoms with Gasteiger partial charge < -0.3 is 10.3 Å². The fourth-order valence-corrected chi connectivity index (χ4v) is 2.91. The molecule has 3 N–H and O–H groups in total. The van der Waals surface area contributed by atoms with Gasteiger partial charge in [-0.3, -0.25) is 19.5 Å². The lowest BCUT2D eigenvalue weighted by atomic mass is 10.1. The van der Waals surface area contributed by atoms with Gasteiger partial charge >= 0.3 is 5.69 Å². The highest BCUT2D eigenvalue weighted by atomic mass is 19.1. The highest BCUT2D eigenvalue weighted by Gasteiger charge is 2.26. The van der Waals surface area contributed by atoms with Gasteiger partial charge in [-0.25, -0.2) is 9.18 Å². The summed E-state index contributed by atoms with van der Waals surface area (Å²) in [6.07, 6.45) is 0.743. The molecule has 0 bridgehead atoms. The molecule has 0 aliphatic carbocycles. The monoisotopic (exact) mass is 332 g/mol. The number of nitrogens with one attached hydrogen (secondary N) is 3. The third-order valence-electron chi connectivity index (χ3n) is 3.97. The number of anilines is 1. The van der Waals surface area contributed by atoms with E-state index >= 15 is 0 Å². The molecule has 0 spiro atoms. The fraction of sp³-hybridized carbons (Fsp3) is 0.312. The van der Waals surface area contributed by atoms with Crippen molar-refractivity contribution in [1.29, 1.82) is 0 Å². The minimum absolute atomic E-state index is 0.00182. The Balaban J connectivity index is 1.58. The van der Waals surface area contributed by atoms with Crippen LogP contribution in [0.3, 0.4) is 0 Å². The van der Waals surface area contributed by atoms with Gasteiger partial charge in [0, 0.05) is 29.9 Å². The zero-order valence-electron chi connectivity index (χ0n) is 12.8. The number of rotatable bonds is 4. The number of benzene rings is 1. The third-order valence-corrected chi connectivity index (χ3v) is 3.97. The van der Waals surface area contributed by atoms with E-state index in [-0.39, 0.29) is 18.4 Å². The molecule has 2 heterocycles. The number of carbonyl (C=O) groups is 1. The second-order valence-electron chi connectivity index (χ2n) is 5.82. The predicted molar refractivity (Wildman–Crippen MR) is 86.5 cm³/mol. The molecule has 1 aromatic carbocycles. The zero-order valence-corrected chi connectivity index (χ0v) is 12.8. The number of aromatic amines is 2. The van der Waals surface area contributed by atoms with E-state index < -0.39 is 17.1 Å². The zero-order chi connectivity index (χ0) is 17.1. The molecule has 1 atom stereocenters. The van der Waals surface area contributed by atoms with E-state index in [1.165, 1.54) is 24.3 Å². The van der Waals surface area contributed by atoms with Crippen molar-refractivity contribution in [2.75, 3.05) is 25.0 Å². The molecule has 7 nitrogen and oxygen atoms in total. The van der Waals surface area contributed by atoms with Crippen LogP contribution >= 0.6 is 0 Å².